The molecule has 31 heavy (non-hydrogen) atoms. The van der Waals surface area contributed by atoms with E-state index in [4.69, 9.17) is 5.73 Å². The molecular formula is C22H20N8O. The summed E-state index contributed by atoms with van der Waals surface area (Å²) in [6.45, 7) is 4.88. The molecule has 1 amide bonds. The maximum Gasteiger partial charge on any atom is 0.252 e. The van der Waals surface area contributed by atoms with Crippen molar-refractivity contribution < 1.29 is 4.79 Å². The standard InChI is InChI=1S/C22H20N8O/c1-14-15(2)29-20-18(21(23)27-12-19(20)28-14)4-3-16-9-17(11-25-10-16)22(31)26-6-8-30-7-5-24-13-30/h5,7,9-13H,6,8H2,1-2H3,(H2,23,27)(H,26,31). The first kappa shape index (κ1) is 20.0. The lowest BCUT2D eigenvalue weighted by Gasteiger charge is -2.06. The molecular weight excluding hydrogens is 392 g/mol. The van der Waals surface area contributed by atoms with Crippen LogP contribution in [-0.4, -0.2) is 41.9 Å². The Balaban J connectivity index is 1.56. The van der Waals surface area contributed by atoms with Crippen molar-refractivity contribution in [1.82, 2.24) is 34.8 Å². The third kappa shape index (κ3) is 4.48. The van der Waals surface area contributed by atoms with E-state index in [1.165, 1.54) is 6.20 Å². The van der Waals surface area contributed by atoms with Crippen molar-refractivity contribution in [3.8, 4) is 11.8 Å². The molecule has 0 aliphatic rings. The van der Waals surface area contributed by atoms with Gasteiger partial charge in [0, 0.05) is 43.4 Å². The van der Waals surface area contributed by atoms with E-state index in [1.807, 2.05) is 24.6 Å². The van der Waals surface area contributed by atoms with Gasteiger partial charge < -0.3 is 15.6 Å². The molecule has 0 unspecified atom stereocenters. The van der Waals surface area contributed by atoms with Crippen LogP contribution in [0.25, 0.3) is 11.0 Å². The molecule has 9 nitrogen and oxygen atoms in total. The summed E-state index contributed by atoms with van der Waals surface area (Å²) in [5.74, 6) is 6.09. The van der Waals surface area contributed by atoms with Crippen LogP contribution in [0.4, 0.5) is 5.82 Å². The fraction of sp³-hybridized carbons (Fsp3) is 0.182. The number of amides is 1. The average molecular weight is 412 g/mol. The number of imidazole rings is 1. The van der Waals surface area contributed by atoms with E-state index in [2.05, 4.69) is 42.1 Å². The van der Waals surface area contributed by atoms with Crippen LogP contribution in [0.3, 0.4) is 0 Å². The Kier molecular flexibility index (Phi) is 5.53. The summed E-state index contributed by atoms with van der Waals surface area (Å²) in [4.78, 5) is 33.8. The number of carbonyl (C=O) groups excluding carboxylic acids is 1. The van der Waals surface area contributed by atoms with Gasteiger partial charge in [-0.3, -0.25) is 9.78 Å². The Morgan fingerprint density at radius 3 is 2.77 bits per heavy atom. The molecule has 0 atom stereocenters. The summed E-state index contributed by atoms with van der Waals surface area (Å²) >= 11 is 0. The number of nitrogen functional groups attached to an aromatic ring is 1. The van der Waals surface area contributed by atoms with Gasteiger partial charge in [0.05, 0.1) is 35.0 Å². The van der Waals surface area contributed by atoms with Gasteiger partial charge in [0.25, 0.3) is 5.91 Å². The average Bonchev–Trinajstić information content (AvgIpc) is 3.28. The van der Waals surface area contributed by atoms with Gasteiger partial charge in [-0.1, -0.05) is 11.8 Å². The number of nitrogens with two attached hydrogens (primary N) is 1. The maximum absolute atomic E-state index is 12.4. The van der Waals surface area contributed by atoms with Crippen LogP contribution in [0.2, 0.25) is 0 Å². The molecule has 0 saturated heterocycles. The molecule has 0 aromatic carbocycles. The van der Waals surface area contributed by atoms with E-state index < -0.39 is 0 Å². The number of pyridine rings is 2. The predicted octanol–water partition coefficient (Wildman–Crippen LogP) is 1.65. The second-order valence-electron chi connectivity index (χ2n) is 6.92. The Morgan fingerprint density at radius 1 is 1.13 bits per heavy atom. The molecule has 3 N–H and O–H groups in total. The monoisotopic (exact) mass is 412 g/mol. The van der Waals surface area contributed by atoms with E-state index in [9.17, 15) is 4.79 Å². The van der Waals surface area contributed by atoms with Crippen LogP contribution in [0.1, 0.15) is 32.9 Å². The first-order valence-electron chi connectivity index (χ1n) is 9.61. The van der Waals surface area contributed by atoms with Gasteiger partial charge in [0.1, 0.15) is 16.9 Å². The third-order valence-electron chi connectivity index (χ3n) is 4.70. The topological polar surface area (TPSA) is 124 Å². The fourth-order valence-corrected chi connectivity index (χ4v) is 2.92. The summed E-state index contributed by atoms with van der Waals surface area (Å²) < 4.78 is 1.88. The van der Waals surface area contributed by atoms with Crippen LogP contribution in [0.5, 0.6) is 0 Å². The summed E-state index contributed by atoms with van der Waals surface area (Å²) in [6, 6.07) is 1.68. The SMILES string of the molecule is Cc1nc2cnc(N)c(C#Cc3cncc(C(=O)NCCn4ccnc4)c3)c2nc1C. The lowest BCUT2D eigenvalue weighted by atomic mass is 10.1. The number of aromatic nitrogens is 6. The molecule has 4 heterocycles. The van der Waals surface area contributed by atoms with Gasteiger partial charge in [0.15, 0.2) is 0 Å². The second-order valence-corrected chi connectivity index (χ2v) is 6.92. The number of carbonyl (C=O) groups is 1. The van der Waals surface area contributed by atoms with Gasteiger partial charge in [0.2, 0.25) is 0 Å². The molecule has 9 heteroatoms. The van der Waals surface area contributed by atoms with E-state index >= 15 is 0 Å². The highest BCUT2D eigenvalue weighted by molar-refractivity contribution is 5.94. The van der Waals surface area contributed by atoms with Gasteiger partial charge in [-0.2, -0.15) is 0 Å². The molecule has 0 radical (unpaired) electrons. The third-order valence-corrected chi connectivity index (χ3v) is 4.70. The molecule has 0 fully saturated rings. The van der Waals surface area contributed by atoms with Crippen LogP contribution < -0.4 is 11.1 Å². The number of nitrogens with zero attached hydrogens (tertiary/aromatic N) is 6. The predicted molar refractivity (Wildman–Crippen MR) is 116 cm³/mol. The Morgan fingerprint density at radius 2 is 1.97 bits per heavy atom. The number of nitrogens with one attached hydrogen (secondary N) is 1. The van der Waals surface area contributed by atoms with Crippen LogP contribution in [0.15, 0.2) is 43.4 Å². The number of hydrogen-bond donors (Lipinski definition) is 2. The van der Waals surface area contributed by atoms with Gasteiger partial charge >= 0.3 is 0 Å². The number of rotatable bonds is 4. The molecule has 4 aromatic rings. The van der Waals surface area contributed by atoms with Crippen molar-refractivity contribution in [2.24, 2.45) is 0 Å². The number of hydrogen-bond acceptors (Lipinski definition) is 7. The van der Waals surface area contributed by atoms with Crippen molar-refractivity contribution in [3.63, 3.8) is 0 Å². The summed E-state index contributed by atoms with van der Waals surface area (Å²) in [5.41, 5.74) is 10.4. The maximum atomic E-state index is 12.4. The zero-order chi connectivity index (χ0) is 21.8. The van der Waals surface area contributed by atoms with Crippen LogP contribution >= 0.6 is 0 Å². The van der Waals surface area contributed by atoms with Crippen molar-refractivity contribution in [3.05, 3.63) is 71.5 Å². The molecule has 0 aliphatic carbocycles. The molecule has 0 aliphatic heterocycles. The lowest BCUT2D eigenvalue weighted by molar-refractivity contribution is 0.0952. The first-order chi connectivity index (χ1) is 15.0. The highest BCUT2D eigenvalue weighted by atomic mass is 16.1. The lowest BCUT2D eigenvalue weighted by Crippen LogP contribution is -2.27. The zero-order valence-electron chi connectivity index (χ0n) is 17.1. The van der Waals surface area contributed by atoms with E-state index in [0.717, 1.165) is 11.4 Å². The van der Waals surface area contributed by atoms with E-state index in [0.29, 0.717) is 40.8 Å². The number of anilines is 1. The van der Waals surface area contributed by atoms with Crippen molar-refractivity contribution in [1.29, 1.82) is 0 Å². The molecule has 0 bridgehead atoms. The largest absolute Gasteiger partial charge is 0.383 e. The smallest absolute Gasteiger partial charge is 0.252 e. The first-order valence-corrected chi connectivity index (χ1v) is 9.61. The Labute approximate surface area is 178 Å². The highest BCUT2D eigenvalue weighted by Gasteiger charge is 2.10. The van der Waals surface area contributed by atoms with Gasteiger partial charge in [-0.25, -0.2) is 19.9 Å². The van der Waals surface area contributed by atoms with Gasteiger partial charge in [-0.15, -0.1) is 0 Å². The minimum Gasteiger partial charge on any atom is -0.383 e. The molecule has 0 saturated carbocycles. The van der Waals surface area contributed by atoms with Crippen molar-refractivity contribution >= 4 is 22.8 Å². The molecule has 0 spiro atoms. The number of aryl methyl sites for hydroxylation is 2. The van der Waals surface area contributed by atoms with Crippen LogP contribution in [0, 0.1) is 25.7 Å². The van der Waals surface area contributed by atoms with E-state index in [1.54, 1.807) is 31.0 Å². The number of fused-ring (bicyclic) bond motifs is 1. The van der Waals surface area contributed by atoms with E-state index in [-0.39, 0.29) is 11.7 Å². The second kappa shape index (κ2) is 8.59. The summed E-state index contributed by atoms with van der Waals surface area (Å²) in [7, 11) is 0. The normalized spacial score (nSPS) is 10.5. The molecule has 4 aromatic heterocycles. The quantitative estimate of drug-likeness (QED) is 0.488. The molecule has 4 rings (SSSR count). The minimum absolute atomic E-state index is 0.223. The fourth-order valence-electron chi connectivity index (χ4n) is 2.92. The zero-order valence-corrected chi connectivity index (χ0v) is 17.1. The summed E-state index contributed by atoms with van der Waals surface area (Å²) in [5, 5.41) is 2.86. The highest BCUT2D eigenvalue weighted by Crippen LogP contribution is 2.19. The summed E-state index contributed by atoms with van der Waals surface area (Å²) in [6.07, 6.45) is 9.91. The Hall–Kier alpha value is -4.32. The van der Waals surface area contributed by atoms with Crippen molar-refractivity contribution in [2.75, 3.05) is 12.3 Å². The van der Waals surface area contributed by atoms with Gasteiger partial charge in [-0.05, 0) is 19.9 Å². The van der Waals surface area contributed by atoms with Crippen molar-refractivity contribution in [2.45, 2.75) is 20.4 Å². The molecule has 154 valence electrons. The van der Waals surface area contributed by atoms with Crippen LogP contribution in [-0.2, 0) is 6.54 Å². The minimum atomic E-state index is -0.223. The Bertz CT molecular complexity index is 1320.